The number of unbranched alkanes of at least 4 members (excludes halogenated alkanes) is 1. The molecule has 0 saturated carbocycles. The van der Waals surface area contributed by atoms with Crippen LogP contribution in [0.5, 0.6) is 0 Å². The van der Waals surface area contributed by atoms with Gasteiger partial charge < -0.3 is 9.88 Å². The smallest absolute Gasteiger partial charge is 0.307 e. The second kappa shape index (κ2) is 5.11. The van der Waals surface area contributed by atoms with E-state index in [0.29, 0.717) is 11.4 Å². The lowest BCUT2D eigenvalue weighted by atomic mass is 10.3. The topological polar surface area (TPSA) is 51.1 Å². The quantitative estimate of drug-likeness (QED) is 0.789. The van der Waals surface area contributed by atoms with Crippen molar-refractivity contribution in [2.75, 3.05) is 6.54 Å². The summed E-state index contributed by atoms with van der Waals surface area (Å²) in [5.41, 5.74) is 0.735. The van der Waals surface area contributed by atoms with Gasteiger partial charge in [-0.25, -0.2) is 0 Å². The van der Waals surface area contributed by atoms with E-state index in [4.69, 9.17) is 0 Å². The molecule has 0 atom stereocenters. The summed E-state index contributed by atoms with van der Waals surface area (Å²) in [6.45, 7) is 4.52. The van der Waals surface area contributed by atoms with Gasteiger partial charge in [-0.3, -0.25) is 9.59 Å². The van der Waals surface area contributed by atoms with Crippen molar-refractivity contribution in [2.45, 2.75) is 26.7 Å². The van der Waals surface area contributed by atoms with Crippen LogP contribution < -0.4 is 10.2 Å². The van der Waals surface area contributed by atoms with E-state index in [2.05, 4.69) is 12.2 Å². The SMILES string of the molecule is CCCCNC(=O)c1sc(=O)n(C)c1C. The maximum absolute atomic E-state index is 11.7. The predicted molar refractivity (Wildman–Crippen MR) is 61.5 cm³/mol. The third-order valence-corrected chi connectivity index (χ3v) is 3.45. The van der Waals surface area contributed by atoms with Gasteiger partial charge in [-0.2, -0.15) is 0 Å². The molecule has 1 rings (SSSR count). The molecule has 0 spiro atoms. The average molecular weight is 228 g/mol. The molecule has 5 heteroatoms. The summed E-state index contributed by atoms with van der Waals surface area (Å²) < 4.78 is 1.50. The van der Waals surface area contributed by atoms with E-state index in [1.807, 2.05) is 0 Å². The number of thiazole rings is 1. The average Bonchev–Trinajstić information content (AvgIpc) is 2.46. The van der Waals surface area contributed by atoms with Crippen LogP contribution in [0.4, 0.5) is 0 Å². The molecular formula is C10H16N2O2S. The van der Waals surface area contributed by atoms with Crippen molar-refractivity contribution in [1.82, 2.24) is 9.88 Å². The number of amides is 1. The van der Waals surface area contributed by atoms with Crippen molar-refractivity contribution < 1.29 is 4.79 Å². The fraction of sp³-hybridized carbons (Fsp3) is 0.600. The Bertz CT molecular complexity index is 406. The minimum Gasteiger partial charge on any atom is -0.351 e. The van der Waals surface area contributed by atoms with E-state index < -0.39 is 0 Å². The molecule has 0 aliphatic heterocycles. The number of nitrogens with one attached hydrogen (secondary N) is 1. The van der Waals surface area contributed by atoms with Crippen LogP contribution >= 0.6 is 11.3 Å². The van der Waals surface area contributed by atoms with Crippen molar-refractivity contribution in [1.29, 1.82) is 0 Å². The molecule has 0 saturated heterocycles. The van der Waals surface area contributed by atoms with Crippen molar-refractivity contribution >= 4 is 17.2 Å². The lowest BCUT2D eigenvalue weighted by molar-refractivity contribution is 0.0956. The lowest BCUT2D eigenvalue weighted by Crippen LogP contribution is -2.24. The van der Waals surface area contributed by atoms with E-state index in [9.17, 15) is 9.59 Å². The first kappa shape index (κ1) is 12.0. The number of nitrogens with zero attached hydrogens (tertiary/aromatic N) is 1. The zero-order chi connectivity index (χ0) is 11.4. The van der Waals surface area contributed by atoms with Crippen LogP contribution in [0, 0.1) is 6.92 Å². The minimum atomic E-state index is -0.136. The molecule has 0 fully saturated rings. The summed E-state index contributed by atoms with van der Waals surface area (Å²) in [4.78, 5) is 23.4. The molecule has 15 heavy (non-hydrogen) atoms. The van der Waals surface area contributed by atoms with E-state index in [1.165, 1.54) is 4.57 Å². The van der Waals surface area contributed by atoms with Gasteiger partial charge in [-0.15, -0.1) is 0 Å². The van der Waals surface area contributed by atoms with E-state index in [0.717, 1.165) is 29.9 Å². The number of aromatic nitrogens is 1. The Morgan fingerprint density at radius 2 is 2.20 bits per heavy atom. The lowest BCUT2D eigenvalue weighted by Gasteiger charge is -2.02. The Kier molecular flexibility index (Phi) is 4.08. The molecule has 4 nitrogen and oxygen atoms in total. The maximum atomic E-state index is 11.7. The molecule has 0 radical (unpaired) electrons. The summed E-state index contributed by atoms with van der Waals surface area (Å²) in [7, 11) is 1.68. The van der Waals surface area contributed by atoms with Gasteiger partial charge in [-0.05, 0) is 13.3 Å². The van der Waals surface area contributed by atoms with Gasteiger partial charge in [0.25, 0.3) is 5.91 Å². The first-order chi connectivity index (χ1) is 7.07. The molecular weight excluding hydrogens is 212 g/mol. The fourth-order valence-electron chi connectivity index (χ4n) is 1.19. The largest absolute Gasteiger partial charge is 0.351 e. The predicted octanol–water partition coefficient (Wildman–Crippen LogP) is 1.29. The first-order valence-corrected chi connectivity index (χ1v) is 5.84. The highest BCUT2D eigenvalue weighted by atomic mass is 32.1. The second-order valence-corrected chi connectivity index (χ2v) is 4.41. The molecule has 1 N–H and O–H groups in total. The Morgan fingerprint density at radius 1 is 1.53 bits per heavy atom. The van der Waals surface area contributed by atoms with Crippen LogP contribution in [0.1, 0.15) is 35.1 Å². The highest BCUT2D eigenvalue weighted by molar-refractivity contribution is 7.11. The van der Waals surface area contributed by atoms with E-state index in [-0.39, 0.29) is 10.8 Å². The summed E-state index contributed by atoms with van der Waals surface area (Å²) in [6.07, 6.45) is 2.01. The van der Waals surface area contributed by atoms with Gasteiger partial charge in [0.1, 0.15) is 4.88 Å². The van der Waals surface area contributed by atoms with Crippen molar-refractivity contribution in [2.24, 2.45) is 7.05 Å². The fourth-order valence-corrected chi connectivity index (χ4v) is 2.09. The minimum absolute atomic E-state index is 0.0897. The summed E-state index contributed by atoms with van der Waals surface area (Å²) in [5.74, 6) is -0.136. The van der Waals surface area contributed by atoms with Gasteiger partial charge in [0.15, 0.2) is 0 Å². The summed E-state index contributed by atoms with van der Waals surface area (Å²) in [6, 6.07) is 0. The third-order valence-electron chi connectivity index (χ3n) is 2.32. The number of hydrogen-bond donors (Lipinski definition) is 1. The van der Waals surface area contributed by atoms with Crippen molar-refractivity contribution in [3.8, 4) is 0 Å². The van der Waals surface area contributed by atoms with Gasteiger partial charge in [0.2, 0.25) is 0 Å². The molecule has 1 heterocycles. The van der Waals surface area contributed by atoms with Crippen LogP contribution in [0.15, 0.2) is 4.79 Å². The molecule has 0 unspecified atom stereocenters. The summed E-state index contributed by atoms with van der Waals surface area (Å²) >= 11 is 1.00. The molecule has 0 aromatic carbocycles. The highest BCUT2D eigenvalue weighted by Gasteiger charge is 2.14. The van der Waals surface area contributed by atoms with Gasteiger partial charge in [0.05, 0.1) is 0 Å². The van der Waals surface area contributed by atoms with Gasteiger partial charge in [0, 0.05) is 19.3 Å². The van der Waals surface area contributed by atoms with E-state index in [1.54, 1.807) is 14.0 Å². The third kappa shape index (κ3) is 2.68. The molecule has 0 bridgehead atoms. The first-order valence-electron chi connectivity index (χ1n) is 5.02. The second-order valence-electron chi connectivity index (χ2n) is 3.45. The molecule has 0 aliphatic carbocycles. The van der Waals surface area contributed by atoms with Crippen LogP contribution in [0.3, 0.4) is 0 Å². The van der Waals surface area contributed by atoms with Crippen LogP contribution in [-0.2, 0) is 7.05 Å². The van der Waals surface area contributed by atoms with Crippen LogP contribution in [0.25, 0.3) is 0 Å². The Morgan fingerprint density at radius 3 is 2.67 bits per heavy atom. The Balaban J connectivity index is 2.74. The zero-order valence-corrected chi connectivity index (χ0v) is 10.1. The van der Waals surface area contributed by atoms with Crippen LogP contribution in [0.2, 0.25) is 0 Å². The Labute approximate surface area is 92.9 Å². The molecule has 1 aromatic heterocycles. The molecule has 1 aromatic rings. The van der Waals surface area contributed by atoms with Gasteiger partial charge in [-0.1, -0.05) is 24.7 Å². The monoisotopic (exact) mass is 228 g/mol. The molecule has 84 valence electrons. The molecule has 1 amide bonds. The van der Waals surface area contributed by atoms with Crippen molar-refractivity contribution in [3.05, 3.63) is 20.2 Å². The van der Waals surface area contributed by atoms with Crippen molar-refractivity contribution in [3.63, 3.8) is 0 Å². The number of carbonyl (C=O) groups is 1. The number of carbonyl (C=O) groups excluding carboxylic acids is 1. The standard InChI is InChI=1S/C10H16N2O2S/c1-4-5-6-11-9(13)8-7(2)12(3)10(14)15-8/h4-6H2,1-3H3,(H,11,13). The normalized spacial score (nSPS) is 10.3. The zero-order valence-electron chi connectivity index (χ0n) is 9.29. The number of hydrogen-bond acceptors (Lipinski definition) is 3. The van der Waals surface area contributed by atoms with Crippen LogP contribution in [-0.4, -0.2) is 17.0 Å². The van der Waals surface area contributed by atoms with Gasteiger partial charge >= 0.3 is 4.87 Å². The summed E-state index contributed by atoms with van der Waals surface area (Å²) in [5, 5.41) is 2.80. The maximum Gasteiger partial charge on any atom is 0.307 e. The number of rotatable bonds is 4. The highest BCUT2D eigenvalue weighted by Crippen LogP contribution is 2.09. The van der Waals surface area contributed by atoms with E-state index >= 15 is 0 Å². The molecule has 0 aliphatic rings. The Hall–Kier alpha value is -1.10.